The summed E-state index contributed by atoms with van der Waals surface area (Å²) in [6.07, 6.45) is 1.63. The largest absolute Gasteiger partial charge is 0.497 e. The van der Waals surface area contributed by atoms with Gasteiger partial charge in [-0.25, -0.2) is 9.37 Å². The summed E-state index contributed by atoms with van der Waals surface area (Å²) in [6.45, 7) is 0. The van der Waals surface area contributed by atoms with Gasteiger partial charge in [0.05, 0.1) is 18.7 Å². The number of hydrogen-bond acceptors (Lipinski definition) is 5. The topological polar surface area (TPSA) is 63.2 Å². The summed E-state index contributed by atoms with van der Waals surface area (Å²) in [5.41, 5.74) is 4.07. The Balaban J connectivity index is 1.37. The summed E-state index contributed by atoms with van der Waals surface area (Å²) in [4.78, 5) is 19.1. The minimum absolute atomic E-state index is 0.305. The van der Waals surface area contributed by atoms with E-state index in [1.165, 1.54) is 17.7 Å². The van der Waals surface area contributed by atoms with E-state index in [1.807, 2.05) is 66.7 Å². The number of ether oxygens (including phenoxy) is 1. The molecule has 0 aliphatic heterocycles. The second-order valence-corrected chi connectivity index (χ2v) is 10.1. The lowest BCUT2D eigenvalue weighted by atomic mass is 9.98. The predicted octanol–water partition coefficient (Wildman–Crippen LogP) is 7.78. The van der Waals surface area contributed by atoms with Crippen LogP contribution in [0.1, 0.15) is 33.1 Å². The van der Waals surface area contributed by atoms with Crippen molar-refractivity contribution in [2.24, 2.45) is 0 Å². The molecule has 2 N–H and O–H groups in total. The highest BCUT2D eigenvalue weighted by atomic mass is 32.2. The van der Waals surface area contributed by atoms with Gasteiger partial charge in [0.1, 0.15) is 17.4 Å². The maximum Gasteiger partial charge on any atom is 0.255 e. The van der Waals surface area contributed by atoms with Gasteiger partial charge in [-0.3, -0.25) is 4.79 Å². The van der Waals surface area contributed by atoms with Crippen molar-refractivity contribution in [2.75, 3.05) is 12.4 Å². The van der Waals surface area contributed by atoms with Crippen molar-refractivity contribution in [1.82, 2.24) is 10.3 Å². The van der Waals surface area contributed by atoms with Crippen LogP contribution in [0.2, 0.25) is 0 Å². The van der Waals surface area contributed by atoms with Crippen LogP contribution in [-0.4, -0.2) is 18.0 Å². The van der Waals surface area contributed by atoms with E-state index in [9.17, 15) is 9.18 Å². The number of methoxy groups -OCH3 is 1. The number of pyridine rings is 1. The molecule has 1 heterocycles. The number of halogens is 1. The van der Waals surface area contributed by atoms with Crippen molar-refractivity contribution in [3.63, 3.8) is 0 Å². The number of benzene rings is 4. The standard InChI is InChI=1S/C33H28FN3O2S/c1-39-28-17-15-27(16-18-28)36-32-30(8-5-21-35-32)33(38)37-31(24-9-13-26(34)14-10-24)25-11-19-29(20-12-25)40-22-23-6-3-2-4-7-23/h2-21,31H,22H2,1H3,(H,35,36)(H,37,38). The van der Waals surface area contributed by atoms with Crippen LogP contribution in [0.5, 0.6) is 5.75 Å². The first kappa shape index (κ1) is 27.0. The monoisotopic (exact) mass is 549 g/mol. The number of carbonyl (C=O) groups is 1. The van der Waals surface area contributed by atoms with Crippen molar-refractivity contribution in [2.45, 2.75) is 16.7 Å². The van der Waals surface area contributed by atoms with Crippen molar-refractivity contribution in [1.29, 1.82) is 0 Å². The van der Waals surface area contributed by atoms with Crippen LogP contribution in [0.4, 0.5) is 15.9 Å². The van der Waals surface area contributed by atoms with Crippen molar-refractivity contribution in [3.05, 3.63) is 150 Å². The van der Waals surface area contributed by atoms with E-state index in [-0.39, 0.29) is 11.7 Å². The van der Waals surface area contributed by atoms with Crippen LogP contribution < -0.4 is 15.4 Å². The molecule has 7 heteroatoms. The van der Waals surface area contributed by atoms with Crippen molar-refractivity contribution in [3.8, 4) is 5.75 Å². The van der Waals surface area contributed by atoms with Crippen LogP contribution in [-0.2, 0) is 5.75 Å². The third-order valence-electron chi connectivity index (χ3n) is 6.35. The molecule has 5 rings (SSSR count). The van der Waals surface area contributed by atoms with E-state index in [0.717, 1.165) is 33.2 Å². The average molecular weight is 550 g/mol. The van der Waals surface area contributed by atoms with Gasteiger partial charge in [0.2, 0.25) is 0 Å². The molecule has 0 bridgehead atoms. The zero-order valence-corrected chi connectivity index (χ0v) is 22.7. The summed E-state index contributed by atoms with van der Waals surface area (Å²) >= 11 is 1.75. The van der Waals surface area contributed by atoms with Gasteiger partial charge in [0.15, 0.2) is 0 Å². The summed E-state index contributed by atoms with van der Waals surface area (Å²) in [5.74, 6) is 1.39. The van der Waals surface area contributed by atoms with E-state index in [1.54, 1.807) is 49.3 Å². The van der Waals surface area contributed by atoms with Crippen LogP contribution in [0, 0.1) is 5.82 Å². The van der Waals surface area contributed by atoms with E-state index in [0.29, 0.717) is 11.4 Å². The molecule has 0 saturated heterocycles. The fourth-order valence-corrected chi connectivity index (χ4v) is 5.07. The van der Waals surface area contributed by atoms with E-state index >= 15 is 0 Å². The minimum atomic E-state index is -0.490. The highest BCUT2D eigenvalue weighted by molar-refractivity contribution is 7.98. The number of aromatic nitrogens is 1. The molecule has 5 aromatic rings. The second-order valence-electron chi connectivity index (χ2n) is 9.05. The Kier molecular flexibility index (Phi) is 8.73. The first-order chi connectivity index (χ1) is 19.6. The number of nitrogens with one attached hydrogen (secondary N) is 2. The quantitative estimate of drug-likeness (QED) is 0.174. The fourth-order valence-electron chi connectivity index (χ4n) is 4.22. The maximum absolute atomic E-state index is 13.8. The molecule has 0 aliphatic rings. The van der Waals surface area contributed by atoms with Crippen molar-refractivity contribution < 1.29 is 13.9 Å². The number of anilines is 2. The van der Waals surface area contributed by atoms with Crippen LogP contribution >= 0.6 is 11.8 Å². The molecule has 0 aliphatic carbocycles. The average Bonchev–Trinajstić information content (AvgIpc) is 3.01. The second kappa shape index (κ2) is 13.0. The van der Waals surface area contributed by atoms with Crippen LogP contribution in [0.3, 0.4) is 0 Å². The Labute approximate surface area is 237 Å². The lowest BCUT2D eigenvalue weighted by molar-refractivity contribution is 0.0943. The van der Waals surface area contributed by atoms with Gasteiger partial charge in [-0.15, -0.1) is 11.8 Å². The molecule has 0 saturated carbocycles. The molecule has 1 unspecified atom stereocenters. The Morgan fingerprint density at radius 3 is 2.20 bits per heavy atom. The Morgan fingerprint density at radius 2 is 1.52 bits per heavy atom. The predicted molar refractivity (Wildman–Crippen MR) is 159 cm³/mol. The minimum Gasteiger partial charge on any atom is -0.497 e. The smallest absolute Gasteiger partial charge is 0.255 e. The number of thioether (sulfide) groups is 1. The number of amides is 1. The lowest BCUT2D eigenvalue weighted by Gasteiger charge is -2.21. The molecule has 200 valence electrons. The molecule has 1 amide bonds. The third kappa shape index (κ3) is 6.87. The summed E-state index contributed by atoms with van der Waals surface area (Å²) in [6, 6.07) is 34.9. The Morgan fingerprint density at radius 1 is 0.850 bits per heavy atom. The van der Waals surface area contributed by atoms with Gasteiger partial charge in [-0.1, -0.05) is 54.6 Å². The van der Waals surface area contributed by atoms with E-state index < -0.39 is 6.04 Å². The number of hydrogen-bond donors (Lipinski definition) is 2. The Hall–Kier alpha value is -4.62. The SMILES string of the molecule is COc1ccc(Nc2ncccc2C(=O)NC(c2ccc(F)cc2)c2ccc(SCc3ccccc3)cc2)cc1. The lowest BCUT2D eigenvalue weighted by Crippen LogP contribution is -2.30. The van der Waals surface area contributed by atoms with Crippen LogP contribution in [0.25, 0.3) is 0 Å². The third-order valence-corrected chi connectivity index (χ3v) is 7.43. The normalized spacial score (nSPS) is 11.4. The molecule has 0 fully saturated rings. The van der Waals surface area contributed by atoms with E-state index in [2.05, 4.69) is 27.8 Å². The van der Waals surface area contributed by atoms with Crippen molar-refractivity contribution >= 4 is 29.2 Å². The van der Waals surface area contributed by atoms with Gasteiger partial charge >= 0.3 is 0 Å². The molecule has 0 spiro atoms. The Bertz CT molecular complexity index is 1540. The first-order valence-electron chi connectivity index (χ1n) is 12.8. The van der Waals surface area contributed by atoms with E-state index in [4.69, 9.17) is 4.74 Å². The molecule has 40 heavy (non-hydrogen) atoms. The number of rotatable bonds is 10. The van der Waals surface area contributed by atoms with Gasteiger partial charge < -0.3 is 15.4 Å². The molecule has 5 nitrogen and oxygen atoms in total. The molecule has 0 radical (unpaired) electrons. The first-order valence-corrected chi connectivity index (χ1v) is 13.8. The molecule has 1 aromatic heterocycles. The van der Waals surface area contributed by atoms with Crippen LogP contribution in [0.15, 0.2) is 126 Å². The summed E-state index contributed by atoms with van der Waals surface area (Å²) in [7, 11) is 1.61. The molecular weight excluding hydrogens is 521 g/mol. The highest BCUT2D eigenvalue weighted by Gasteiger charge is 2.21. The molecular formula is C33H28FN3O2S. The summed E-state index contributed by atoms with van der Waals surface area (Å²) < 4.78 is 19.0. The zero-order valence-electron chi connectivity index (χ0n) is 21.9. The molecule has 1 atom stereocenters. The number of nitrogens with zero attached hydrogens (tertiary/aromatic N) is 1. The maximum atomic E-state index is 13.8. The van der Waals surface area contributed by atoms with Gasteiger partial charge in [0, 0.05) is 22.5 Å². The van der Waals surface area contributed by atoms with Gasteiger partial charge in [-0.2, -0.15) is 0 Å². The fraction of sp³-hybridized carbons (Fsp3) is 0.0909. The zero-order chi connectivity index (χ0) is 27.7. The van der Waals surface area contributed by atoms with Gasteiger partial charge in [-0.05, 0) is 77.4 Å². The van der Waals surface area contributed by atoms with Gasteiger partial charge in [0.25, 0.3) is 5.91 Å². The molecule has 4 aromatic carbocycles. The highest BCUT2D eigenvalue weighted by Crippen LogP contribution is 2.29. The summed E-state index contributed by atoms with van der Waals surface area (Å²) in [5, 5.41) is 6.36. The number of carbonyl (C=O) groups excluding carboxylic acids is 1.